The van der Waals surface area contributed by atoms with Gasteiger partial charge in [0.05, 0.1) is 0 Å². The van der Waals surface area contributed by atoms with Gasteiger partial charge in [-0.1, -0.05) is 48.5 Å². The molecular formula is C23H26N2O8S. The minimum Gasteiger partial charge on any atom is -0.480 e. The average Bonchev–Trinajstić information content (AvgIpc) is 3.09. The molecule has 0 radical (unpaired) electrons. The van der Waals surface area contributed by atoms with Crippen molar-refractivity contribution in [2.24, 2.45) is 0 Å². The normalized spacial score (nSPS) is 13.4. The lowest BCUT2D eigenvalue weighted by Gasteiger charge is -2.15. The van der Waals surface area contributed by atoms with Gasteiger partial charge < -0.3 is 20.5 Å². The smallest absolute Gasteiger partial charge is 0.407 e. The van der Waals surface area contributed by atoms with Crippen LogP contribution in [0.4, 0.5) is 4.79 Å². The molecule has 11 heteroatoms. The summed E-state index contributed by atoms with van der Waals surface area (Å²) >= 11 is 0. The second-order valence-corrected chi connectivity index (χ2v) is 9.39. The highest BCUT2D eigenvalue weighted by molar-refractivity contribution is 7.86. The maximum atomic E-state index is 12.1. The molecule has 1 aliphatic rings. The highest BCUT2D eigenvalue weighted by Crippen LogP contribution is 2.44. The van der Waals surface area contributed by atoms with E-state index in [0.717, 1.165) is 22.3 Å². The van der Waals surface area contributed by atoms with Gasteiger partial charge in [-0.15, -0.1) is 0 Å². The Morgan fingerprint density at radius 1 is 0.971 bits per heavy atom. The van der Waals surface area contributed by atoms with Crippen LogP contribution in [0.1, 0.15) is 36.3 Å². The molecule has 34 heavy (non-hydrogen) atoms. The number of unbranched alkanes of at least 4 members (excludes halogenated alkanes) is 1. The van der Waals surface area contributed by atoms with Gasteiger partial charge >= 0.3 is 12.1 Å². The number of carboxylic acid groups (broad SMARTS) is 1. The molecule has 4 N–H and O–H groups in total. The largest absolute Gasteiger partial charge is 0.480 e. The summed E-state index contributed by atoms with van der Waals surface area (Å²) in [5.41, 5.74) is 4.46. The van der Waals surface area contributed by atoms with Gasteiger partial charge in [-0.05, 0) is 41.5 Å². The molecule has 1 atom stereocenters. The Morgan fingerprint density at radius 2 is 1.56 bits per heavy atom. The van der Waals surface area contributed by atoms with Crippen molar-refractivity contribution in [1.82, 2.24) is 10.6 Å². The molecular weight excluding hydrogens is 464 g/mol. The topological polar surface area (TPSA) is 159 Å². The minimum atomic E-state index is -4.54. The highest BCUT2D eigenvalue weighted by atomic mass is 32.2. The predicted molar refractivity (Wildman–Crippen MR) is 123 cm³/mol. The van der Waals surface area contributed by atoms with Gasteiger partial charge in [0.25, 0.3) is 10.1 Å². The number of benzene rings is 2. The van der Waals surface area contributed by atoms with Gasteiger partial charge in [0, 0.05) is 12.5 Å². The summed E-state index contributed by atoms with van der Waals surface area (Å²) in [6.45, 7) is 0.419. The lowest BCUT2D eigenvalue weighted by atomic mass is 9.98. The van der Waals surface area contributed by atoms with Crippen LogP contribution < -0.4 is 10.6 Å². The first-order chi connectivity index (χ1) is 16.2. The summed E-state index contributed by atoms with van der Waals surface area (Å²) in [5.74, 6) is -3.69. The summed E-state index contributed by atoms with van der Waals surface area (Å²) in [5, 5.41) is 13.8. The third-order valence-corrected chi connectivity index (χ3v) is 6.11. The lowest BCUT2D eigenvalue weighted by Crippen LogP contribution is -2.43. The van der Waals surface area contributed by atoms with Crippen LogP contribution in [0.5, 0.6) is 0 Å². The molecule has 0 saturated carbocycles. The SMILES string of the molecule is O=C(CS(=O)(=O)O)N[C@@H](CCCCNC(=O)OCC1c2ccccc2-c2ccccc21)C(=O)O. The molecule has 0 spiro atoms. The fraction of sp³-hybridized carbons (Fsp3) is 0.348. The fourth-order valence-electron chi connectivity index (χ4n) is 3.97. The van der Waals surface area contributed by atoms with E-state index in [0.29, 0.717) is 12.8 Å². The number of ether oxygens (including phenoxy) is 1. The Labute approximate surface area is 197 Å². The van der Waals surface area contributed by atoms with Crippen LogP contribution in [-0.2, 0) is 24.4 Å². The highest BCUT2D eigenvalue weighted by Gasteiger charge is 2.29. The molecule has 2 aromatic rings. The Morgan fingerprint density at radius 3 is 2.12 bits per heavy atom. The van der Waals surface area contributed by atoms with Crippen LogP contribution in [0, 0.1) is 0 Å². The number of fused-ring (bicyclic) bond motifs is 3. The van der Waals surface area contributed by atoms with E-state index in [2.05, 4.69) is 10.6 Å². The number of amides is 2. The van der Waals surface area contributed by atoms with Crippen molar-refractivity contribution in [3.05, 3.63) is 59.7 Å². The summed E-state index contributed by atoms with van der Waals surface area (Å²) < 4.78 is 35.5. The lowest BCUT2D eigenvalue weighted by molar-refractivity contribution is -0.141. The summed E-state index contributed by atoms with van der Waals surface area (Å²) in [6.07, 6.45) is 0.200. The third kappa shape index (κ3) is 6.78. The molecule has 3 rings (SSSR count). The van der Waals surface area contributed by atoms with E-state index in [9.17, 15) is 22.8 Å². The van der Waals surface area contributed by atoms with Crippen LogP contribution in [0.2, 0.25) is 0 Å². The van der Waals surface area contributed by atoms with Crippen molar-refractivity contribution in [2.75, 3.05) is 18.9 Å². The summed E-state index contributed by atoms with van der Waals surface area (Å²) in [6, 6.07) is 14.7. The Bertz CT molecular complexity index is 1120. The zero-order valence-electron chi connectivity index (χ0n) is 18.3. The van der Waals surface area contributed by atoms with Crippen molar-refractivity contribution >= 4 is 28.1 Å². The number of rotatable bonds is 11. The minimum absolute atomic E-state index is 0.0267. The standard InChI is InChI=1S/C23H26N2O8S/c26-21(14-34(30,31)32)25-20(22(27)28)11-5-6-12-24-23(29)33-13-19-17-9-3-1-7-15(17)16-8-2-4-10-18(16)19/h1-4,7-10,19-20H,5-6,11-14H2,(H,24,29)(H,25,26)(H,27,28)(H,30,31,32)/t20-/m0/s1. The van der Waals surface area contributed by atoms with Crippen LogP contribution in [0.15, 0.2) is 48.5 Å². The van der Waals surface area contributed by atoms with Crippen molar-refractivity contribution in [2.45, 2.75) is 31.2 Å². The molecule has 0 aromatic heterocycles. The van der Waals surface area contributed by atoms with Crippen LogP contribution in [0.25, 0.3) is 11.1 Å². The molecule has 1 aliphatic carbocycles. The number of hydrogen-bond donors (Lipinski definition) is 4. The number of alkyl carbamates (subject to hydrolysis) is 1. The van der Waals surface area contributed by atoms with Gasteiger partial charge in [0.2, 0.25) is 5.91 Å². The predicted octanol–water partition coefficient (Wildman–Crippen LogP) is 2.15. The van der Waals surface area contributed by atoms with Gasteiger partial charge in [0.15, 0.2) is 5.75 Å². The molecule has 0 heterocycles. The van der Waals surface area contributed by atoms with E-state index < -0.39 is 39.9 Å². The second kappa shape index (κ2) is 11.1. The first kappa shape index (κ1) is 25.2. The van der Waals surface area contributed by atoms with Gasteiger partial charge in [-0.3, -0.25) is 9.35 Å². The molecule has 0 aliphatic heterocycles. The molecule has 182 valence electrons. The van der Waals surface area contributed by atoms with Crippen LogP contribution in [-0.4, -0.2) is 61.0 Å². The first-order valence-electron chi connectivity index (χ1n) is 10.7. The van der Waals surface area contributed by atoms with Crippen molar-refractivity contribution in [3.8, 4) is 11.1 Å². The summed E-state index contributed by atoms with van der Waals surface area (Å²) in [4.78, 5) is 34.9. The van der Waals surface area contributed by atoms with E-state index in [-0.39, 0.29) is 25.5 Å². The Balaban J connectivity index is 1.40. The Hall–Kier alpha value is -3.44. The van der Waals surface area contributed by atoms with Crippen molar-refractivity contribution in [1.29, 1.82) is 0 Å². The van der Waals surface area contributed by atoms with E-state index in [1.54, 1.807) is 0 Å². The summed E-state index contributed by atoms with van der Waals surface area (Å²) in [7, 11) is -4.54. The molecule has 0 bridgehead atoms. The Kier molecular flexibility index (Phi) is 8.24. The molecule has 2 amide bonds. The third-order valence-electron chi connectivity index (χ3n) is 5.48. The number of aliphatic carboxylic acids is 1. The monoisotopic (exact) mass is 490 g/mol. The van der Waals surface area contributed by atoms with Gasteiger partial charge in [-0.2, -0.15) is 8.42 Å². The van der Waals surface area contributed by atoms with Crippen LogP contribution >= 0.6 is 0 Å². The quantitative estimate of drug-likeness (QED) is 0.275. The maximum absolute atomic E-state index is 12.1. The molecule has 10 nitrogen and oxygen atoms in total. The zero-order chi connectivity index (χ0) is 24.7. The van der Waals surface area contributed by atoms with Crippen molar-refractivity contribution < 1.29 is 37.2 Å². The van der Waals surface area contributed by atoms with Gasteiger partial charge in [0.1, 0.15) is 12.6 Å². The van der Waals surface area contributed by atoms with E-state index in [1.165, 1.54) is 0 Å². The van der Waals surface area contributed by atoms with E-state index >= 15 is 0 Å². The molecule has 0 fully saturated rings. The average molecular weight is 491 g/mol. The number of nitrogens with one attached hydrogen (secondary N) is 2. The molecule has 2 aromatic carbocycles. The molecule has 0 unspecified atom stereocenters. The van der Waals surface area contributed by atoms with Crippen LogP contribution in [0.3, 0.4) is 0 Å². The second-order valence-electron chi connectivity index (χ2n) is 7.93. The fourth-order valence-corrected chi connectivity index (χ4v) is 4.39. The number of hydrogen-bond acceptors (Lipinski definition) is 6. The van der Waals surface area contributed by atoms with Gasteiger partial charge in [-0.25, -0.2) is 9.59 Å². The van der Waals surface area contributed by atoms with Crippen molar-refractivity contribution in [3.63, 3.8) is 0 Å². The van der Waals surface area contributed by atoms with E-state index in [1.807, 2.05) is 48.5 Å². The maximum Gasteiger partial charge on any atom is 0.407 e. The zero-order valence-corrected chi connectivity index (χ0v) is 19.1. The number of carbonyl (C=O) groups excluding carboxylic acids is 2. The van der Waals surface area contributed by atoms with E-state index in [4.69, 9.17) is 14.4 Å². The molecule has 0 saturated heterocycles. The number of carboxylic acids is 1. The first-order valence-corrected chi connectivity index (χ1v) is 12.3. The number of carbonyl (C=O) groups is 3.